The number of benzene rings is 2. The highest BCUT2D eigenvalue weighted by Crippen LogP contribution is 2.50. The normalized spacial score (nSPS) is 15.3. The summed E-state index contributed by atoms with van der Waals surface area (Å²) in [5, 5.41) is 0.569. The molecular weight excluding hydrogens is 271 g/mol. The summed E-state index contributed by atoms with van der Waals surface area (Å²) in [6.07, 6.45) is 0. The summed E-state index contributed by atoms with van der Waals surface area (Å²) in [5.41, 5.74) is -0.162. The van der Waals surface area contributed by atoms with Crippen molar-refractivity contribution in [2.24, 2.45) is 0 Å². The molecule has 0 heterocycles. The SMILES string of the molecule is COP(=O)(c1ccccc1)C(C)C(=O)c1ccccc1. The van der Waals surface area contributed by atoms with E-state index in [4.69, 9.17) is 4.52 Å². The Balaban J connectivity index is 2.37. The second kappa shape index (κ2) is 6.17. The van der Waals surface area contributed by atoms with Gasteiger partial charge in [-0.1, -0.05) is 48.5 Å². The molecule has 0 fully saturated rings. The molecule has 2 aromatic carbocycles. The second-order valence-corrected chi connectivity index (χ2v) is 7.37. The van der Waals surface area contributed by atoms with Crippen LogP contribution in [0.1, 0.15) is 17.3 Å². The lowest BCUT2D eigenvalue weighted by molar-refractivity contribution is 0.0987. The highest BCUT2D eigenvalue weighted by atomic mass is 31.2. The van der Waals surface area contributed by atoms with E-state index < -0.39 is 13.0 Å². The van der Waals surface area contributed by atoms with Crippen LogP contribution in [0.5, 0.6) is 0 Å². The summed E-state index contributed by atoms with van der Waals surface area (Å²) >= 11 is 0. The number of hydrogen-bond donors (Lipinski definition) is 0. The molecule has 0 N–H and O–H groups in total. The van der Waals surface area contributed by atoms with Crippen LogP contribution in [0, 0.1) is 0 Å². The fraction of sp³-hybridized carbons (Fsp3) is 0.188. The predicted molar refractivity (Wildman–Crippen MR) is 80.9 cm³/mol. The van der Waals surface area contributed by atoms with Crippen molar-refractivity contribution in [1.29, 1.82) is 0 Å². The van der Waals surface area contributed by atoms with Crippen molar-refractivity contribution in [3.8, 4) is 0 Å². The zero-order chi connectivity index (χ0) is 14.6. The molecule has 0 aliphatic carbocycles. The molecule has 0 saturated carbocycles. The fourth-order valence-electron chi connectivity index (χ4n) is 2.12. The van der Waals surface area contributed by atoms with Gasteiger partial charge in [0.25, 0.3) is 0 Å². The number of carbonyl (C=O) groups is 1. The van der Waals surface area contributed by atoms with Gasteiger partial charge in [0.1, 0.15) is 5.66 Å². The maximum Gasteiger partial charge on any atom is 0.242 e. The average Bonchev–Trinajstić information content (AvgIpc) is 2.54. The minimum atomic E-state index is -3.21. The average molecular weight is 288 g/mol. The number of rotatable bonds is 5. The molecule has 0 amide bonds. The summed E-state index contributed by atoms with van der Waals surface area (Å²) in [4.78, 5) is 12.5. The third-order valence-corrected chi connectivity index (χ3v) is 6.15. The standard InChI is InChI=1S/C16H17O3P/c1-13(16(17)14-9-5-3-6-10-14)20(18,19-2)15-11-7-4-8-12-15/h3-13H,1-2H3. The molecular formula is C16H17O3P. The smallest absolute Gasteiger partial charge is 0.242 e. The molecule has 2 aromatic rings. The van der Waals surface area contributed by atoms with E-state index in [0.717, 1.165) is 0 Å². The van der Waals surface area contributed by atoms with Crippen LogP contribution in [-0.2, 0) is 9.09 Å². The van der Waals surface area contributed by atoms with E-state index in [0.29, 0.717) is 10.9 Å². The molecule has 2 rings (SSSR count). The van der Waals surface area contributed by atoms with Crippen molar-refractivity contribution < 1.29 is 13.9 Å². The van der Waals surface area contributed by atoms with E-state index in [-0.39, 0.29) is 5.78 Å². The first-order valence-electron chi connectivity index (χ1n) is 6.40. The van der Waals surface area contributed by atoms with E-state index in [1.165, 1.54) is 7.11 Å². The first kappa shape index (κ1) is 14.7. The third kappa shape index (κ3) is 2.74. The number of ketones is 1. The molecule has 0 aromatic heterocycles. The van der Waals surface area contributed by atoms with E-state index in [1.54, 1.807) is 55.5 Å². The topological polar surface area (TPSA) is 43.4 Å². The minimum absolute atomic E-state index is 0.167. The Morgan fingerprint density at radius 1 is 1.00 bits per heavy atom. The summed E-state index contributed by atoms with van der Waals surface area (Å²) in [6, 6.07) is 17.8. The summed E-state index contributed by atoms with van der Waals surface area (Å²) in [7, 11) is -1.82. The van der Waals surface area contributed by atoms with Crippen LogP contribution in [0.3, 0.4) is 0 Å². The Hall–Kier alpha value is -1.70. The first-order chi connectivity index (χ1) is 9.59. The Labute approximate surface area is 119 Å². The van der Waals surface area contributed by atoms with Crippen LogP contribution in [0.4, 0.5) is 0 Å². The van der Waals surface area contributed by atoms with Crippen LogP contribution >= 0.6 is 7.37 Å². The highest BCUT2D eigenvalue weighted by molar-refractivity contribution is 7.68. The molecule has 104 valence electrons. The van der Waals surface area contributed by atoms with E-state index in [1.807, 2.05) is 12.1 Å². The molecule has 0 radical (unpaired) electrons. The van der Waals surface area contributed by atoms with E-state index >= 15 is 0 Å². The second-order valence-electron chi connectivity index (χ2n) is 4.52. The van der Waals surface area contributed by atoms with E-state index in [2.05, 4.69) is 0 Å². The van der Waals surface area contributed by atoms with Gasteiger partial charge < -0.3 is 4.52 Å². The molecule has 0 bridgehead atoms. The van der Waals surface area contributed by atoms with Crippen LogP contribution in [0.15, 0.2) is 60.7 Å². The summed E-state index contributed by atoms with van der Waals surface area (Å²) < 4.78 is 18.3. The lowest BCUT2D eigenvalue weighted by atomic mass is 10.1. The predicted octanol–water partition coefficient (Wildman–Crippen LogP) is 3.51. The maximum absolute atomic E-state index is 13.1. The van der Waals surface area contributed by atoms with Gasteiger partial charge in [0.05, 0.1) is 0 Å². The van der Waals surface area contributed by atoms with Gasteiger partial charge in [-0.15, -0.1) is 0 Å². The van der Waals surface area contributed by atoms with Gasteiger partial charge in [-0.25, -0.2) is 0 Å². The maximum atomic E-state index is 13.1. The van der Waals surface area contributed by atoms with Gasteiger partial charge in [-0.2, -0.15) is 0 Å². The van der Waals surface area contributed by atoms with Gasteiger partial charge in [-0.3, -0.25) is 9.36 Å². The summed E-state index contributed by atoms with van der Waals surface area (Å²) in [6.45, 7) is 1.66. The quantitative estimate of drug-likeness (QED) is 0.624. The van der Waals surface area contributed by atoms with Crippen molar-refractivity contribution in [2.75, 3.05) is 7.11 Å². The number of carbonyl (C=O) groups excluding carboxylic acids is 1. The van der Waals surface area contributed by atoms with Crippen LogP contribution < -0.4 is 5.30 Å². The van der Waals surface area contributed by atoms with Crippen molar-refractivity contribution in [3.63, 3.8) is 0 Å². The Morgan fingerprint density at radius 2 is 1.50 bits per heavy atom. The van der Waals surface area contributed by atoms with Crippen LogP contribution in [-0.4, -0.2) is 18.6 Å². The zero-order valence-electron chi connectivity index (χ0n) is 11.5. The van der Waals surface area contributed by atoms with Gasteiger partial charge >= 0.3 is 0 Å². The minimum Gasteiger partial charge on any atom is -0.328 e. The van der Waals surface area contributed by atoms with Crippen molar-refractivity contribution >= 4 is 18.5 Å². The van der Waals surface area contributed by atoms with Gasteiger partial charge in [0.15, 0.2) is 5.78 Å². The number of Topliss-reactive ketones (excluding diaryl/α,β-unsaturated/α-hetero) is 1. The molecule has 2 atom stereocenters. The van der Waals surface area contributed by atoms with Crippen molar-refractivity contribution in [1.82, 2.24) is 0 Å². The largest absolute Gasteiger partial charge is 0.328 e. The Morgan fingerprint density at radius 3 is 2.00 bits per heavy atom. The molecule has 0 spiro atoms. The monoisotopic (exact) mass is 288 g/mol. The molecule has 0 aliphatic rings. The lowest BCUT2D eigenvalue weighted by Gasteiger charge is -2.22. The summed E-state index contributed by atoms with van der Waals surface area (Å²) in [5.74, 6) is -0.167. The molecule has 4 heteroatoms. The zero-order valence-corrected chi connectivity index (χ0v) is 12.4. The Kier molecular flexibility index (Phi) is 4.53. The number of hydrogen-bond acceptors (Lipinski definition) is 3. The molecule has 3 nitrogen and oxygen atoms in total. The van der Waals surface area contributed by atoms with Crippen molar-refractivity contribution in [2.45, 2.75) is 12.6 Å². The van der Waals surface area contributed by atoms with Gasteiger partial charge in [0.2, 0.25) is 7.37 Å². The Bertz CT molecular complexity index is 623. The first-order valence-corrected chi connectivity index (χ1v) is 8.09. The molecule has 0 aliphatic heterocycles. The molecule has 0 saturated heterocycles. The fourth-order valence-corrected chi connectivity index (χ4v) is 4.14. The third-order valence-electron chi connectivity index (χ3n) is 3.33. The lowest BCUT2D eigenvalue weighted by Crippen LogP contribution is -2.24. The highest BCUT2D eigenvalue weighted by Gasteiger charge is 2.37. The molecule has 2 unspecified atom stereocenters. The van der Waals surface area contributed by atoms with Crippen LogP contribution in [0.25, 0.3) is 0 Å². The van der Waals surface area contributed by atoms with Gasteiger partial charge in [-0.05, 0) is 19.1 Å². The van der Waals surface area contributed by atoms with E-state index in [9.17, 15) is 9.36 Å². The molecule has 20 heavy (non-hydrogen) atoms. The van der Waals surface area contributed by atoms with Crippen molar-refractivity contribution in [3.05, 3.63) is 66.2 Å². The van der Waals surface area contributed by atoms with Gasteiger partial charge in [0, 0.05) is 18.0 Å². The van der Waals surface area contributed by atoms with Crippen LogP contribution in [0.2, 0.25) is 0 Å².